The number of ether oxygens (including phenoxy) is 1. The van der Waals surface area contributed by atoms with Crippen LogP contribution in [0.2, 0.25) is 0 Å². The van der Waals surface area contributed by atoms with E-state index in [0.29, 0.717) is 11.1 Å². The maximum Gasteiger partial charge on any atom is 0.414 e. The van der Waals surface area contributed by atoms with Gasteiger partial charge in [0.2, 0.25) is 15.9 Å². The number of hydrogen-bond acceptors (Lipinski definition) is 5. The second kappa shape index (κ2) is 8.80. The van der Waals surface area contributed by atoms with Gasteiger partial charge in [-0.15, -0.1) is 0 Å². The molecule has 1 saturated heterocycles. The molecule has 160 valence electrons. The van der Waals surface area contributed by atoms with Crippen LogP contribution in [-0.2, 0) is 25.3 Å². The van der Waals surface area contributed by atoms with E-state index in [-0.39, 0.29) is 36.0 Å². The van der Waals surface area contributed by atoms with E-state index in [1.165, 1.54) is 24.9 Å². The fourth-order valence-corrected chi connectivity index (χ4v) is 3.88. The smallest absolute Gasteiger partial charge is 0.414 e. The minimum Gasteiger partial charge on any atom is -0.442 e. The zero-order chi connectivity index (χ0) is 21.9. The fourth-order valence-electron chi connectivity index (χ4n) is 3.11. The van der Waals surface area contributed by atoms with Crippen molar-refractivity contribution in [3.63, 3.8) is 0 Å². The summed E-state index contributed by atoms with van der Waals surface area (Å²) in [6.45, 7) is 1.62. The molecule has 1 fully saturated rings. The van der Waals surface area contributed by atoms with E-state index in [1.54, 1.807) is 36.4 Å². The van der Waals surface area contributed by atoms with Gasteiger partial charge >= 0.3 is 6.09 Å². The molecule has 3 rings (SSSR count). The van der Waals surface area contributed by atoms with Gasteiger partial charge in [0, 0.05) is 12.5 Å². The molecule has 2 amide bonds. The predicted molar refractivity (Wildman–Crippen MR) is 110 cm³/mol. The van der Waals surface area contributed by atoms with Crippen molar-refractivity contribution >= 4 is 27.7 Å². The van der Waals surface area contributed by atoms with Gasteiger partial charge in [0.25, 0.3) is 0 Å². The third kappa shape index (κ3) is 4.95. The fraction of sp³-hybridized carbons (Fsp3) is 0.300. The molecule has 0 radical (unpaired) electrons. The molecule has 0 aliphatic carbocycles. The van der Waals surface area contributed by atoms with Crippen LogP contribution in [0.25, 0.3) is 11.1 Å². The Morgan fingerprint density at radius 3 is 2.57 bits per heavy atom. The number of hydrogen-bond donors (Lipinski definition) is 2. The number of halogens is 1. The number of benzene rings is 2. The summed E-state index contributed by atoms with van der Waals surface area (Å²) >= 11 is 0. The summed E-state index contributed by atoms with van der Waals surface area (Å²) in [6.07, 6.45) is -1.26. The van der Waals surface area contributed by atoms with E-state index < -0.39 is 28.0 Å². The second-order valence-corrected chi connectivity index (χ2v) is 8.78. The number of carbonyl (C=O) groups excluding carboxylic acids is 2. The van der Waals surface area contributed by atoms with Crippen LogP contribution in [0.15, 0.2) is 42.5 Å². The van der Waals surface area contributed by atoms with Gasteiger partial charge in [-0.05, 0) is 24.2 Å². The van der Waals surface area contributed by atoms with Crippen LogP contribution in [0.4, 0.5) is 14.9 Å². The van der Waals surface area contributed by atoms with Crippen LogP contribution < -0.4 is 14.9 Å². The summed E-state index contributed by atoms with van der Waals surface area (Å²) in [5, 5.41) is 2.57. The average Bonchev–Trinajstić information content (AvgIpc) is 3.07. The van der Waals surface area contributed by atoms with Crippen molar-refractivity contribution in [2.24, 2.45) is 0 Å². The molecule has 2 aromatic carbocycles. The van der Waals surface area contributed by atoms with Crippen molar-refractivity contribution in [3.8, 4) is 11.1 Å². The summed E-state index contributed by atoms with van der Waals surface area (Å²) in [5.74, 6) is -1.02. The maximum absolute atomic E-state index is 15.2. The van der Waals surface area contributed by atoms with Crippen molar-refractivity contribution in [1.29, 1.82) is 0 Å². The molecule has 1 aliphatic heterocycles. The molecule has 2 N–H and O–H groups in total. The first kappa shape index (κ1) is 21.7. The van der Waals surface area contributed by atoms with E-state index in [2.05, 4.69) is 10.0 Å². The Kier molecular flexibility index (Phi) is 6.37. The van der Waals surface area contributed by atoms with Crippen molar-refractivity contribution in [2.75, 3.05) is 25.0 Å². The molecule has 0 bridgehead atoms. The molecular weight excluding hydrogens is 413 g/mol. The molecular formula is C20H22FN3O5S. The van der Waals surface area contributed by atoms with Crippen molar-refractivity contribution in [3.05, 3.63) is 53.8 Å². The van der Waals surface area contributed by atoms with Gasteiger partial charge in [-0.25, -0.2) is 22.3 Å². The minimum absolute atomic E-state index is 0.0738. The number of carbonyl (C=O) groups is 2. The standard InChI is InChI=1S/C20H22FN3O5S/c1-13(25)23-10-16-11-24(20(26)29-16)18-5-3-4-17(19(18)21)15-8-6-14(7-9-15)12-30(27,28)22-2/h3-9,16,22H,10-12H2,1-2H3,(H,23,25). The highest BCUT2D eigenvalue weighted by atomic mass is 32.2. The summed E-state index contributed by atoms with van der Waals surface area (Å²) in [5.41, 5.74) is 1.45. The summed E-state index contributed by atoms with van der Waals surface area (Å²) in [6, 6.07) is 11.2. The lowest BCUT2D eigenvalue weighted by Gasteiger charge is -2.16. The van der Waals surface area contributed by atoms with Crippen LogP contribution in [0.1, 0.15) is 12.5 Å². The van der Waals surface area contributed by atoms with Crippen molar-refractivity contribution in [1.82, 2.24) is 10.0 Å². The van der Waals surface area contributed by atoms with E-state index in [9.17, 15) is 18.0 Å². The summed E-state index contributed by atoms with van der Waals surface area (Å²) < 4.78 is 46.0. The van der Waals surface area contributed by atoms with Crippen LogP contribution in [-0.4, -0.2) is 46.7 Å². The molecule has 2 aromatic rings. The van der Waals surface area contributed by atoms with Crippen LogP contribution in [0.5, 0.6) is 0 Å². The first-order valence-electron chi connectivity index (χ1n) is 9.22. The maximum atomic E-state index is 15.2. The molecule has 30 heavy (non-hydrogen) atoms. The normalized spacial score (nSPS) is 16.4. The van der Waals surface area contributed by atoms with Gasteiger partial charge in [-0.1, -0.05) is 36.4 Å². The Hall–Kier alpha value is -2.98. The highest BCUT2D eigenvalue weighted by molar-refractivity contribution is 7.88. The van der Waals surface area contributed by atoms with E-state index in [1.807, 2.05) is 0 Å². The molecule has 1 heterocycles. The van der Waals surface area contributed by atoms with E-state index in [4.69, 9.17) is 4.74 Å². The van der Waals surface area contributed by atoms with Crippen molar-refractivity contribution in [2.45, 2.75) is 18.8 Å². The van der Waals surface area contributed by atoms with Crippen LogP contribution >= 0.6 is 0 Å². The van der Waals surface area contributed by atoms with Crippen LogP contribution in [0, 0.1) is 5.82 Å². The van der Waals surface area contributed by atoms with Gasteiger partial charge in [-0.2, -0.15) is 0 Å². The second-order valence-electron chi connectivity index (χ2n) is 6.85. The monoisotopic (exact) mass is 435 g/mol. The van der Waals surface area contributed by atoms with E-state index >= 15 is 4.39 Å². The molecule has 1 aliphatic rings. The lowest BCUT2D eigenvalue weighted by molar-refractivity contribution is -0.119. The number of nitrogens with zero attached hydrogens (tertiary/aromatic N) is 1. The Morgan fingerprint density at radius 1 is 1.23 bits per heavy atom. The van der Waals surface area contributed by atoms with Crippen LogP contribution in [0.3, 0.4) is 0 Å². The van der Waals surface area contributed by atoms with Gasteiger partial charge in [-0.3, -0.25) is 9.69 Å². The first-order chi connectivity index (χ1) is 14.2. The van der Waals surface area contributed by atoms with E-state index in [0.717, 1.165) is 0 Å². The highest BCUT2D eigenvalue weighted by Gasteiger charge is 2.34. The molecule has 0 aromatic heterocycles. The molecule has 8 nitrogen and oxygen atoms in total. The lowest BCUT2D eigenvalue weighted by atomic mass is 10.0. The molecule has 0 saturated carbocycles. The van der Waals surface area contributed by atoms with Gasteiger partial charge in [0.05, 0.1) is 24.5 Å². The zero-order valence-corrected chi connectivity index (χ0v) is 17.3. The number of sulfonamides is 1. The molecule has 1 unspecified atom stereocenters. The zero-order valence-electron chi connectivity index (χ0n) is 16.5. The SMILES string of the molecule is CNS(=O)(=O)Cc1ccc(-c2cccc(N3CC(CNC(C)=O)OC3=O)c2F)cc1. The Morgan fingerprint density at radius 2 is 1.93 bits per heavy atom. The number of anilines is 1. The third-order valence-corrected chi connectivity index (χ3v) is 5.99. The molecule has 0 spiro atoms. The van der Waals surface area contributed by atoms with Gasteiger partial charge < -0.3 is 10.1 Å². The van der Waals surface area contributed by atoms with Gasteiger partial charge in [0.1, 0.15) is 6.10 Å². The summed E-state index contributed by atoms with van der Waals surface area (Å²) in [4.78, 5) is 24.4. The Bertz CT molecular complexity index is 1060. The minimum atomic E-state index is -3.41. The highest BCUT2D eigenvalue weighted by Crippen LogP contribution is 2.32. The quantitative estimate of drug-likeness (QED) is 0.692. The predicted octanol–water partition coefficient (Wildman–Crippen LogP) is 2.00. The number of rotatable bonds is 7. The lowest BCUT2D eigenvalue weighted by Crippen LogP contribution is -2.33. The van der Waals surface area contributed by atoms with Crippen molar-refractivity contribution < 1.29 is 27.1 Å². The number of cyclic esters (lactones) is 1. The Balaban J connectivity index is 1.82. The molecule has 1 atom stereocenters. The molecule has 10 heteroatoms. The Labute approximate surface area is 174 Å². The van der Waals surface area contributed by atoms with Gasteiger partial charge in [0.15, 0.2) is 5.82 Å². The number of amides is 2. The third-order valence-electron chi connectivity index (χ3n) is 4.65. The average molecular weight is 435 g/mol. The number of nitrogens with one attached hydrogen (secondary N) is 2. The topological polar surface area (TPSA) is 105 Å². The summed E-state index contributed by atoms with van der Waals surface area (Å²) in [7, 11) is -2.06. The first-order valence-corrected chi connectivity index (χ1v) is 10.9. The largest absolute Gasteiger partial charge is 0.442 e.